The van der Waals surface area contributed by atoms with E-state index in [1.165, 1.54) is 12.1 Å². The zero-order valence-electron chi connectivity index (χ0n) is 9.25. The van der Waals surface area contributed by atoms with E-state index in [9.17, 15) is 9.50 Å². The predicted octanol–water partition coefficient (Wildman–Crippen LogP) is 4.45. The standard InChI is InChI=1S/C13H10Cl2FNO/c14-10-3-1-2-8(13(10)16)7-17-9-4-5-12(18)11(15)6-9/h1-6,17-18H,7H2. The summed E-state index contributed by atoms with van der Waals surface area (Å²) in [6.45, 7) is 0.285. The van der Waals surface area contributed by atoms with Crippen molar-refractivity contribution in [1.29, 1.82) is 0 Å². The van der Waals surface area contributed by atoms with Crippen LogP contribution >= 0.6 is 23.2 Å². The van der Waals surface area contributed by atoms with E-state index in [4.69, 9.17) is 23.2 Å². The van der Waals surface area contributed by atoms with Crippen LogP contribution in [0.15, 0.2) is 36.4 Å². The van der Waals surface area contributed by atoms with Gasteiger partial charge in [0.2, 0.25) is 0 Å². The Hall–Kier alpha value is -1.45. The summed E-state index contributed by atoms with van der Waals surface area (Å²) < 4.78 is 13.6. The number of hydrogen-bond acceptors (Lipinski definition) is 2. The first-order chi connectivity index (χ1) is 8.58. The predicted molar refractivity (Wildman–Crippen MR) is 71.9 cm³/mol. The molecule has 0 aliphatic carbocycles. The fourth-order valence-corrected chi connectivity index (χ4v) is 1.87. The Balaban J connectivity index is 2.11. The van der Waals surface area contributed by atoms with E-state index in [0.29, 0.717) is 11.3 Å². The Kier molecular flexibility index (Phi) is 3.94. The molecule has 0 spiro atoms. The fourth-order valence-electron chi connectivity index (χ4n) is 1.50. The highest BCUT2D eigenvalue weighted by atomic mass is 35.5. The average Bonchev–Trinajstić information content (AvgIpc) is 2.35. The number of aromatic hydroxyl groups is 1. The van der Waals surface area contributed by atoms with Gasteiger partial charge in [0.25, 0.3) is 0 Å². The number of halogens is 3. The molecule has 0 saturated heterocycles. The van der Waals surface area contributed by atoms with Crippen LogP contribution in [0.4, 0.5) is 10.1 Å². The summed E-state index contributed by atoms with van der Waals surface area (Å²) in [5.41, 5.74) is 1.16. The van der Waals surface area contributed by atoms with E-state index in [1.807, 2.05) is 0 Å². The van der Waals surface area contributed by atoms with Crippen LogP contribution in [0.5, 0.6) is 5.75 Å². The number of phenolic OH excluding ortho intramolecular Hbond substituents is 1. The first kappa shape index (κ1) is 13.0. The third-order valence-electron chi connectivity index (χ3n) is 2.46. The van der Waals surface area contributed by atoms with Crippen LogP contribution < -0.4 is 5.32 Å². The lowest BCUT2D eigenvalue weighted by molar-refractivity contribution is 0.475. The van der Waals surface area contributed by atoms with E-state index in [0.717, 1.165) is 0 Å². The molecule has 0 atom stereocenters. The van der Waals surface area contributed by atoms with Crippen LogP contribution in [0, 0.1) is 5.82 Å². The van der Waals surface area contributed by atoms with E-state index in [2.05, 4.69) is 5.32 Å². The molecule has 2 N–H and O–H groups in total. The average molecular weight is 286 g/mol. The lowest BCUT2D eigenvalue weighted by Crippen LogP contribution is -2.01. The highest BCUT2D eigenvalue weighted by Gasteiger charge is 2.06. The van der Waals surface area contributed by atoms with Gasteiger partial charge in [0.15, 0.2) is 0 Å². The highest BCUT2D eigenvalue weighted by Crippen LogP contribution is 2.26. The first-order valence-electron chi connectivity index (χ1n) is 5.23. The monoisotopic (exact) mass is 285 g/mol. The van der Waals surface area contributed by atoms with E-state index < -0.39 is 5.82 Å². The lowest BCUT2D eigenvalue weighted by atomic mass is 10.2. The topological polar surface area (TPSA) is 32.3 Å². The van der Waals surface area contributed by atoms with Crippen molar-refractivity contribution in [2.45, 2.75) is 6.54 Å². The first-order valence-corrected chi connectivity index (χ1v) is 5.99. The van der Waals surface area contributed by atoms with Gasteiger partial charge in [-0.1, -0.05) is 35.3 Å². The molecule has 2 aromatic rings. The normalized spacial score (nSPS) is 10.4. The number of phenols is 1. The molecule has 0 amide bonds. The minimum absolute atomic E-state index is 0.0103. The second-order valence-corrected chi connectivity index (χ2v) is 4.55. The number of rotatable bonds is 3. The van der Waals surface area contributed by atoms with Gasteiger partial charge in [-0.2, -0.15) is 0 Å². The van der Waals surface area contributed by atoms with Crippen LogP contribution in [0.3, 0.4) is 0 Å². The van der Waals surface area contributed by atoms with Crippen LogP contribution in [0.2, 0.25) is 10.0 Å². The van der Waals surface area contributed by atoms with Gasteiger partial charge in [0.1, 0.15) is 11.6 Å². The van der Waals surface area contributed by atoms with Crippen molar-refractivity contribution in [1.82, 2.24) is 0 Å². The summed E-state index contributed by atoms with van der Waals surface area (Å²) in [7, 11) is 0. The summed E-state index contributed by atoms with van der Waals surface area (Å²) in [6, 6.07) is 9.53. The maximum atomic E-state index is 13.6. The molecule has 0 aromatic heterocycles. The molecule has 0 fully saturated rings. The fraction of sp³-hybridized carbons (Fsp3) is 0.0769. The number of hydrogen-bond donors (Lipinski definition) is 2. The smallest absolute Gasteiger partial charge is 0.146 e. The third-order valence-corrected chi connectivity index (χ3v) is 3.06. The quantitative estimate of drug-likeness (QED) is 0.817. The molecule has 0 bridgehead atoms. The van der Waals surface area contributed by atoms with Crippen molar-refractivity contribution in [3.05, 3.63) is 57.8 Å². The molecule has 2 aromatic carbocycles. The third kappa shape index (κ3) is 2.86. The van der Waals surface area contributed by atoms with Gasteiger partial charge < -0.3 is 10.4 Å². The molecular formula is C13H10Cl2FNO. The zero-order valence-corrected chi connectivity index (χ0v) is 10.8. The summed E-state index contributed by atoms with van der Waals surface area (Å²) in [5.74, 6) is -0.423. The van der Waals surface area contributed by atoms with Gasteiger partial charge in [-0.3, -0.25) is 0 Å². The van der Waals surface area contributed by atoms with Crippen LogP contribution in [-0.2, 0) is 6.54 Å². The Bertz CT molecular complexity index is 575. The molecule has 2 rings (SSSR count). The van der Waals surface area contributed by atoms with Crippen molar-refractivity contribution >= 4 is 28.9 Å². The van der Waals surface area contributed by atoms with Crippen molar-refractivity contribution in [3.63, 3.8) is 0 Å². The van der Waals surface area contributed by atoms with Crippen molar-refractivity contribution in [2.75, 3.05) is 5.32 Å². The largest absolute Gasteiger partial charge is 0.506 e. The Morgan fingerprint density at radius 2 is 1.89 bits per heavy atom. The molecule has 2 nitrogen and oxygen atoms in total. The number of benzene rings is 2. The Morgan fingerprint density at radius 1 is 1.11 bits per heavy atom. The number of nitrogens with one attached hydrogen (secondary N) is 1. The number of anilines is 1. The highest BCUT2D eigenvalue weighted by molar-refractivity contribution is 6.32. The summed E-state index contributed by atoms with van der Waals surface area (Å²) >= 11 is 11.5. The van der Waals surface area contributed by atoms with Crippen molar-refractivity contribution in [3.8, 4) is 5.75 Å². The molecule has 0 unspecified atom stereocenters. The lowest BCUT2D eigenvalue weighted by Gasteiger charge is -2.09. The molecule has 0 aliphatic rings. The van der Waals surface area contributed by atoms with Gasteiger partial charge in [-0.15, -0.1) is 0 Å². The van der Waals surface area contributed by atoms with Gasteiger partial charge in [-0.05, 0) is 24.3 Å². The van der Waals surface area contributed by atoms with Crippen molar-refractivity contribution in [2.24, 2.45) is 0 Å². The van der Waals surface area contributed by atoms with Crippen LogP contribution in [0.1, 0.15) is 5.56 Å². The SMILES string of the molecule is Oc1ccc(NCc2cccc(Cl)c2F)cc1Cl. The molecule has 0 saturated carbocycles. The van der Waals surface area contributed by atoms with Crippen molar-refractivity contribution < 1.29 is 9.50 Å². The molecule has 0 radical (unpaired) electrons. The van der Waals surface area contributed by atoms with Gasteiger partial charge in [0.05, 0.1) is 10.0 Å². The van der Waals surface area contributed by atoms with E-state index in [1.54, 1.807) is 24.3 Å². The second-order valence-electron chi connectivity index (χ2n) is 3.73. The van der Waals surface area contributed by atoms with Gasteiger partial charge in [-0.25, -0.2) is 4.39 Å². The van der Waals surface area contributed by atoms with Gasteiger partial charge in [0, 0.05) is 17.8 Å². The van der Waals surface area contributed by atoms with E-state index in [-0.39, 0.29) is 22.3 Å². The van der Waals surface area contributed by atoms with Crippen LogP contribution in [0.25, 0.3) is 0 Å². The van der Waals surface area contributed by atoms with Crippen LogP contribution in [-0.4, -0.2) is 5.11 Å². The van der Waals surface area contributed by atoms with E-state index >= 15 is 0 Å². The second kappa shape index (κ2) is 5.46. The summed E-state index contributed by atoms with van der Waals surface area (Å²) in [6.07, 6.45) is 0. The molecule has 94 valence electrons. The Morgan fingerprint density at radius 3 is 2.61 bits per heavy atom. The Labute approximate surface area is 114 Å². The maximum absolute atomic E-state index is 13.6. The minimum Gasteiger partial charge on any atom is -0.506 e. The molecular weight excluding hydrogens is 276 g/mol. The molecule has 0 aliphatic heterocycles. The molecule has 18 heavy (non-hydrogen) atoms. The minimum atomic E-state index is -0.434. The molecule has 5 heteroatoms. The van der Waals surface area contributed by atoms with Gasteiger partial charge >= 0.3 is 0 Å². The zero-order chi connectivity index (χ0) is 13.1. The maximum Gasteiger partial charge on any atom is 0.146 e. The molecule has 0 heterocycles. The summed E-state index contributed by atoms with van der Waals surface area (Å²) in [4.78, 5) is 0. The summed E-state index contributed by atoms with van der Waals surface area (Å²) in [5, 5.41) is 12.6.